The first-order chi connectivity index (χ1) is 6.36. The number of nitrogens with one attached hydrogen (secondary N) is 1. The van der Waals surface area contributed by atoms with Crippen molar-refractivity contribution in [2.24, 2.45) is 0 Å². The molecule has 0 aliphatic heterocycles. The van der Waals surface area contributed by atoms with Crippen molar-refractivity contribution in [2.45, 2.75) is 6.54 Å². The van der Waals surface area contributed by atoms with Crippen LogP contribution < -0.4 is 0 Å². The summed E-state index contributed by atoms with van der Waals surface area (Å²) >= 11 is 4.89. The van der Waals surface area contributed by atoms with E-state index in [4.69, 9.17) is 12.2 Å². The highest BCUT2D eigenvalue weighted by Crippen LogP contribution is 1.94. The van der Waals surface area contributed by atoms with Gasteiger partial charge in [-0.3, -0.25) is 0 Å². The molecule has 1 N–H and O–H groups in total. The smallest absolute Gasteiger partial charge is 0.236 e. The maximum atomic E-state index is 4.89. The average molecular weight is 194 g/mol. The van der Waals surface area contributed by atoms with Crippen LogP contribution in [0.4, 0.5) is 0 Å². The minimum Gasteiger partial charge on any atom is -0.236 e. The van der Waals surface area contributed by atoms with E-state index in [1.165, 1.54) is 0 Å². The van der Waals surface area contributed by atoms with Gasteiger partial charge in [-0.1, -0.05) is 10.3 Å². The molecule has 13 heavy (non-hydrogen) atoms. The number of aromatic amines is 1. The summed E-state index contributed by atoms with van der Waals surface area (Å²) in [7, 11) is 0. The molecule has 0 amide bonds. The van der Waals surface area contributed by atoms with Crippen LogP contribution in [-0.4, -0.2) is 30.4 Å². The van der Waals surface area contributed by atoms with E-state index < -0.39 is 0 Å². The minimum absolute atomic E-state index is 0.408. The van der Waals surface area contributed by atoms with Gasteiger partial charge < -0.3 is 0 Å². The molecule has 7 heteroatoms. The van der Waals surface area contributed by atoms with E-state index in [0.29, 0.717) is 11.3 Å². The van der Waals surface area contributed by atoms with Crippen LogP contribution in [0.15, 0.2) is 18.3 Å². The highest BCUT2D eigenvalue weighted by Gasteiger charge is 1.97. The van der Waals surface area contributed by atoms with Crippen LogP contribution in [-0.2, 0) is 6.54 Å². The molecule has 0 bridgehead atoms. The summed E-state index contributed by atoms with van der Waals surface area (Å²) in [5, 5.41) is 17.5. The Morgan fingerprint density at radius 3 is 3.00 bits per heavy atom. The Morgan fingerprint density at radius 2 is 2.38 bits per heavy atom. The van der Waals surface area contributed by atoms with E-state index >= 15 is 0 Å². The number of hydrogen-bond acceptors (Lipinski definition) is 5. The maximum Gasteiger partial charge on any atom is 0.238 e. The van der Waals surface area contributed by atoms with Crippen molar-refractivity contribution in [3.8, 4) is 0 Å². The highest BCUT2D eigenvalue weighted by atomic mass is 32.1. The van der Waals surface area contributed by atoms with Crippen molar-refractivity contribution in [1.29, 1.82) is 0 Å². The van der Waals surface area contributed by atoms with Crippen LogP contribution in [0.5, 0.6) is 0 Å². The van der Waals surface area contributed by atoms with Crippen molar-refractivity contribution in [2.75, 3.05) is 0 Å². The van der Waals surface area contributed by atoms with Gasteiger partial charge in [0, 0.05) is 6.20 Å². The lowest BCUT2D eigenvalue weighted by molar-refractivity contribution is 0.625. The normalized spacial score (nSPS) is 10.2. The predicted molar refractivity (Wildman–Crippen MR) is 46.3 cm³/mol. The highest BCUT2D eigenvalue weighted by molar-refractivity contribution is 7.71. The Kier molecular flexibility index (Phi) is 2.09. The molecule has 0 fully saturated rings. The molecule has 0 atom stereocenters. The zero-order chi connectivity index (χ0) is 9.10. The summed E-state index contributed by atoms with van der Waals surface area (Å²) in [6, 6.07) is 3.67. The zero-order valence-corrected chi connectivity index (χ0v) is 7.40. The fourth-order valence-corrected chi connectivity index (χ4v) is 1.04. The van der Waals surface area contributed by atoms with E-state index in [0.717, 1.165) is 5.69 Å². The van der Waals surface area contributed by atoms with Gasteiger partial charge in [0.1, 0.15) is 0 Å². The van der Waals surface area contributed by atoms with Gasteiger partial charge in [-0.2, -0.15) is 15.4 Å². The molecular weight excluding hydrogens is 188 g/mol. The van der Waals surface area contributed by atoms with Gasteiger partial charge in [0.25, 0.3) is 0 Å². The van der Waals surface area contributed by atoms with Gasteiger partial charge in [0.15, 0.2) is 0 Å². The average Bonchev–Trinajstić information content (AvgIpc) is 2.54. The van der Waals surface area contributed by atoms with Gasteiger partial charge in [-0.05, 0) is 24.4 Å². The van der Waals surface area contributed by atoms with Gasteiger partial charge in [-0.15, -0.1) is 0 Å². The SMILES string of the molecule is S=c1nn[nH]n1Cc1cccnn1. The first-order valence-electron chi connectivity index (χ1n) is 3.61. The van der Waals surface area contributed by atoms with Crippen LogP contribution in [0, 0.1) is 4.77 Å². The first kappa shape index (κ1) is 7.99. The Morgan fingerprint density at radius 1 is 1.46 bits per heavy atom. The third-order valence-corrected chi connectivity index (χ3v) is 1.78. The number of aromatic nitrogens is 6. The molecule has 0 saturated carbocycles. The van der Waals surface area contributed by atoms with Crippen molar-refractivity contribution >= 4 is 12.2 Å². The summed E-state index contributed by atoms with van der Waals surface area (Å²) in [5.41, 5.74) is 0.810. The molecule has 0 aliphatic carbocycles. The number of nitrogens with zero attached hydrogens (tertiary/aromatic N) is 5. The van der Waals surface area contributed by atoms with E-state index in [1.807, 2.05) is 12.1 Å². The summed E-state index contributed by atoms with van der Waals surface area (Å²) in [6.45, 7) is 0.514. The molecule has 2 aromatic rings. The molecule has 2 rings (SSSR count). The quantitative estimate of drug-likeness (QED) is 0.690. The molecule has 6 nitrogen and oxygen atoms in total. The molecular formula is C6H6N6S. The summed E-state index contributed by atoms with van der Waals surface area (Å²) < 4.78 is 2.02. The standard InChI is InChI=1S/C6H6N6S/c13-6-9-10-11-12(6)4-5-2-1-3-7-8-5/h1-3H,4H2,(H,9,11,13). The van der Waals surface area contributed by atoms with Crippen LogP contribution >= 0.6 is 12.2 Å². The lowest BCUT2D eigenvalue weighted by Gasteiger charge is -1.97. The zero-order valence-electron chi connectivity index (χ0n) is 6.58. The molecule has 66 valence electrons. The van der Waals surface area contributed by atoms with E-state index in [9.17, 15) is 0 Å². The first-order valence-corrected chi connectivity index (χ1v) is 4.01. The Hall–Kier alpha value is -1.63. The Labute approximate surface area is 78.6 Å². The second-order valence-electron chi connectivity index (χ2n) is 2.38. The summed E-state index contributed by atoms with van der Waals surface area (Å²) in [4.78, 5) is 0. The molecule has 2 aromatic heterocycles. The van der Waals surface area contributed by atoms with Crippen LogP contribution in [0.1, 0.15) is 5.69 Å². The largest absolute Gasteiger partial charge is 0.238 e. The second-order valence-corrected chi connectivity index (χ2v) is 2.75. The lowest BCUT2D eigenvalue weighted by Crippen LogP contribution is -2.04. The molecule has 0 unspecified atom stereocenters. The topological polar surface area (TPSA) is 72.3 Å². The van der Waals surface area contributed by atoms with Crippen molar-refractivity contribution in [3.63, 3.8) is 0 Å². The van der Waals surface area contributed by atoms with Gasteiger partial charge >= 0.3 is 0 Å². The van der Waals surface area contributed by atoms with Crippen LogP contribution in [0.3, 0.4) is 0 Å². The van der Waals surface area contributed by atoms with Crippen molar-refractivity contribution in [3.05, 3.63) is 28.8 Å². The number of tetrazole rings is 1. The fraction of sp³-hybridized carbons (Fsp3) is 0.167. The molecule has 2 heterocycles. The van der Waals surface area contributed by atoms with Crippen molar-refractivity contribution < 1.29 is 0 Å². The Balaban J connectivity index is 2.25. The molecule has 0 spiro atoms. The predicted octanol–water partition coefficient (Wildman–Crippen LogP) is 0.174. The monoisotopic (exact) mass is 194 g/mol. The van der Waals surface area contributed by atoms with Crippen LogP contribution in [0.25, 0.3) is 0 Å². The molecule has 0 radical (unpaired) electrons. The van der Waals surface area contributed by atoms with Crippen LogP contribution in [0.2, 0.25) is 0 Å². The number of hydrogen-bond donors (Lipinski definition) is 1. The lowest BCUT2D eigenvalue weighted by atomic mass is 10.4. The number of H-pyrrole nitrogens is 1. The molecule has 0 saturated heterocycles. The Bertz CT molecular complexity index is 432. The summed E-state index contributed by atoms with van der Waals surface area (Å²) in [6.07, 6.45) is 1.62. The van der Waals surface area contributed by atoms with E-state index in [-0.39, 0.29) is 0 Å². The maximum absolute atomic E-state index is 4.89. The van der Waals surface area contributed by atoms with Gasteiger partial charge in [-0.25, -0.2) is 4.68 Å². The molecule has 0 aliphatic rings. The molecule has 0 aromatic carbocycles. The van der Waals surface area contributed by atoms with Gasteiger partial charge in [0.2, 0.25) is 4.77 Å². The third-order valence-electron chi connectivity index (χ3n) is 1.48. The minimum atomic E-state index is 0.408. The summed E-state index contributed by atoms with van der Waals surface area (Å²) in [5.74, 6) is 0. The third kappa shape index (κ3) is 1.75. The second kappa shape index (κ2) is 3.40. The fourth-order valence-electron chi connectivity index (χ4n) is 0.899. The van der Waals surface area contributed by atoms with Gasteiger partial charge in [0.05, 0.1) is 12.2 Å². The van der Waals surface area contributed by atoms with E-state index in [2.05, 4.69) is 25.7 Å². The van der Waals surface area contributed by atoms with E-state index in [1.54, 1.807) is 10.9 Å². The number of rotatable bonds is 2. The van der Waals surface area contributed by atoms with Crippen molar-refractivity contribution in [1.82, 2.24) is 30.4 Å².